The number of imide groups is 1. The van der Waals surface area contributed by atoms with Crippen molar-refractivity contribution in [1.82, 2.24) is 9.88 Å². The topological polar surface area (TPSA) is 62.3 Å². The van der Waals surface area contributed by atoms with Gasteiger partial charge in [-0.15, -0.1) is 0 Å². The smallest absolute Gasteiger partial charge is 0.278 e. The molecule has 5 nitrogen and oxygen atoms in total. The van der Waals surface area contributed by atoms with Gasteiger partial charge in [0.05, 0.1) is 12.1 Å². The van der Waals surface area contributed by atoms with Crippen molar-refractivity contribution in [3.63, 3.8) is 0 Å². The molecular formula is C24H21N3O2. The van der Waals surface area contributed by atoms with E-state index in [0.29, 0.717) is 11.3 Å². The summed E-state index contributed by atoms with van der Waals surface area (Å²) in [6.07, 6.45) is 3.31. The number of carbonyl (C=O) groups excluding carboxylic acids is 2. The van der Waals surface area contributed by atoms with Crippen LogP contribution in [0.1, 0.15) is 22.3 Å². The Kier molecular flexibility index (Phi) is 4.96. The summed E-state index contributed by atoms with van der Waals surface area (Å²) in [5.74, 6) is -0.627. The van der Waals surface area contributed by atoms with Crippen molar-refractivity contribution in [3.8, 4) is 0 Å². The lowest BCUT2D eigenvalue weighted by molar-refractivity contribution is -0.137. The van der Waals surface area contributed by atoms with E-state index in [-0.39, 0.29) is 18.4 Å². The van der Waals surface area contributed by atoms with Gasteiger partial charge in [0.1, 0.15) is 5.70 Å². The van der Waals surface area contributed by atoms with Crippen LogP contribution in [0.3, 0.4) is 0 Å². The molecule has 2 heterocycles. The van der Waals surface area contributed by atoms with Crippen LogP contribution in [-0.2, 0) is 16.1 Å². The summed E-state index contributed by atoms with van der Waals surface area (Å²) in [6, 6.07) is 19.0. The molecule has 5 heteroatoms. The minimum absolute atomic E-state index is 0.203. The number of benzene rings is 2. The van der Waals surface area contributed by atoms with Crippen molar-refractivity contribution in [1.29, 1.82) is 0 Å². The second-order valence-electron chi connectivity index (χ2n) is 7.11. The Bertz CT molecular complexity index is 1100. The predicted molar refractivity (Wildman–Crippen MR) is 113 cm³/mol. The number of hydrogen-bond donors (Lipinski definition) is 1. The monoisotopic (exact) mass is 383 g/mol. The molecule has 144 valence electrons. The summed E-state index contributed by atoms with van der Waals surface area (Å²) in [5.41, 5.74) is 5.17. The Morgan fingerprint density at radius 3 is 2.24 bits per heavy atom. The minimum Gasteiger partial charge on any atom is -0.350 e. The van der Waals surface area contributed by atoms with E-state index in [0.717, 1.165) is 27.9 Å². The number of anilines is 1. The average Bonchev–Trinajstić information content (AvgIpc) is 2.95. The first-order chi connectivity index (χ1) is 14.0. The highest BCUT2D eigenvalue weighted by Gasteiger charge is 2.39. The highest BCUT2D eigenvalue weighted by Crippen LogP contribution is 2.32. The van der Waals surface area contributed by atoms with Gasteiger partial charge < -0.3 is 5.32 Å². The van der Waals surface area contributed by atoms with Gasteiger partial charge in [0.2, 0.25) is 0 Å². The summed E-state index contributed by atoms with van der Waals surface area (Å²) in [5, 5.41) is 3.22. The van der Waals surface area contributed by atoms with E-state index in [2.05, 4.69) is 10.3 Å². The van der Waals surface area contributed by atoms with Crippen molar-refractivity contribution < 1.29 is 9.59 Å². The number of carbonyl (C=O) groups is 2. The first kappa shape index (κ1) is 18.6. The Hall–Kier alpha value is -3.73. The first-order valence-corrected chi connectivity index (χ1v) is 9.43. The second kappa shape index (κ2) is 7.72. The number of amides is 2. The van der Waals surface area contributed by atoms with E-state index in [1.165, 1.54) is 4.90 Å². The maximum atomic E-state index is 13.3. The highest BCUT2D eigenvalue weighted by atomic mass is 16.2. The maximum absolute atomic E-state index is 13.3. The van der Waals surface area contributed by atoms with Crippen LogP contribution in [0.15, 0.2) is 78.8 Å². The summed E-state index contributed by atoms with van der Waals surface area (Å²) in [7, 11) is 0. The van der Waals surface area contributed by atoms with Crippen LogP contribution < -0.4 is 5.32 Å². The maximum Gasteiger partial charge on any atom is 0.278 e. The number of pyridine rings is 1. The van der Waals surface area contributed by atoms with Crippen LogP contribution in [0.2, 0.25) is 0 Å². The molecule has 0 radical (unpaired) electrons. The Morgan fingerprint density at radius 2 is 1.55 bits per heavy atom. The number of aryl methyl sites for hydroxylation is 2. The third-order valence-electron chi connectivity index (χ3n) is 5.00. The van der Waals surface area contributed by atoms with E-state index in [1.54, 1.807) is 24.5 Å². The summed E-state index contributed by atoms with van der Waals surface area (Å²) >= 11 is 0. The molecule has 1 aliphatic rings. The molecule has 1 aromatic heterocycles. The fraction of sp³-hybridized carbons (Fsp3) is 0.125. The predicted octanol–water partition coefficient (Wildman–Crippen LogP) is 4.09. The lowest BCUT2D eigenvalue weighted by Crippen LogP contribution is -2.32. The van der Waals surface area contributed by atoms with Gasteiger partial charge in [0.15, 0.2) is 0 Å². The molecule has 2 amide bonds. The summed E-state index contributed by atoms with van der Waals surface area (Å²) in [6.45, 7) is 4.15. The number of nitrogens with zero attached hydrogens (tertiary/aromatic N) is 2. The number of para-hydroxylation sites is 1. The van der Waals surface area contributed by atoms with Crippen LogP contribution >= 0.6 is 0 Å². The van der Waals surface area contributed by atoms with Crippen LogP contribution in [0.25, 0.3) is 5.57 Å². The van der Waals surface area contributed by atoms with Crippen LogP contribution in [0.4, 0.5) is 5.69 Å². The van der Waals surface area contributed by atoms with Crippen LogP contribution in [0, 0.1) is 13.8 Å². The molecule has 0 saturated carbocycles. The lowest BCUT2D eigenvalue weighted by atomic mass is 10.0. The number of aromatic nitrogens is 1. The van der Waals surface area contributed by atoms with Gasteiger partial charge in [0, 0.05) is 18.1 Å². The Labute approximate surface area is 169 Å². The fourth-order valence-corrected chi connectivity index (χ4v) is 3.34. The third kappa shape index (κ3) is 3.67. The van der Waals surface area contributed by atoms with Crippen molar-refractivity contribution in [2.24, 2.45) is 0 Å². The van der Waals surface area contributed by atoms with E-state index in [1.807, 2.05) is 62.4 Å². The Morgan fingerprint density at radius 1 is 0.862 bits per heavy atom. The highest BCUT2D eigenvalue weighted by molar-refractivity contribution is 6.36. The van der Waals surface area contributed by atoms with Gasteiger partial charge in [-0.25, -0.2) is 0 Å². The third-order valence-corrected chi connectivity index (χ3v) is 5.00. The molecule has 0 spiro atoms. The van der Waals surface area contributed by atoms with E-state index < -0.39 is 0 Å². The molecule has 29 heavy (non-hydrogen) atoms. The van der Waals surface area contributed by atoms with Crippen molar-refractivity contribution in [2.75, 3.05) is 5.32 Å². The van der Waals surface area contributed by atoms with Gasteiger partial charge in [-0.05, 0) is 48.7 Å². The van der Waals surface area contributed by atoms with Crippen molar-refractivity contribution in [2.45, 2.75) is 20.4 Å². The van der Waals surface area contributed by atoms with Gasteiger partial charge in [-0.3, -0.25) is 19.5 Å². The zero-order chi connectivity index (χ0) is 20.4. The molecule has 0 unspecified atom stereocenters. The number of nitrogens with one attached hydrogen (secondary N) is 1. The molecule has 0 fully saturated rings. The molecule has 2 aromatic carbocycles. The van der Waals surface area contributed by atoms with Crippen LogP contribution in [0.5, 0.6) is 0 Å². The first-order valence-electron chi connectivity index (χ1n) is 9.43. The second-order valence-corrected chi connectivity index (χ2v) is 7.11. The molecule has 1 aliphatic heterocycles. The molecule has 1 N–H and O–H groups in total. The zero-order valence-corrected chi connectivity index (χ0v) is 16.3. The fourth-order valence-electron chi connectivity index (χ4n) is 3.34. The molecule has 3 aromatic rings. The van der Waals surface area contributed by atoms with E-state index >= 15 is 0 Å². The molecule has 0 bridgehead atoms. The largest absolute Gasteiger partial charge is 0.350 e. The standard InChI is InChI=1S/C24H21N3O2/c1-16-7-9-19(10-8-16)21-22(26-20-6-4-3-5-17(20)2)24(29)27(23(21)28)15-18-11-13-25-14-12-18/h3-14,26H,15H2,1-2H3. The van der Waals surface area contributed by atoms with E-state index in [4.69, 9.17) is 0 Å². The Balaban J connectivity index is 1.76. The molecule has 0 saturated heterocycles. The van der Waals surface area contributed by atoms with Gasteiger partial charge in [0.25, 0.3) is 11.8 Å². The normalized spacial score (nSPS) is 13.9. The molecule has 0 aliphatic carbocycles. The summed E-state index contributed by atoms with van der Waals surface area (Å²) < 4.78 is 0. The number of rotatable bonds is 5. The van der Waals surface area contributed by atoms with Crippen LogP contribution in [-0.4, -0.2) is 21.7 Å². The summed E-state index contributed by atoms with van der Waals surface area (Å²) in [4.78, 5) is 31.8. The SMILES string of the molecule is Cc1ccc(C2=C(Nc3ccccc3C)C(=O)N(Cc3ccncc3)C2=O)cc1. The quantitative estimate of drug-likeness (QED) is 0.674. The van der Waals surface area contributed by atoms with Gasteiger partial charge in [-0.2, -0.15) is 0 Å². The molecular weight excluding hydrogens is 362 g/mol. The van der Waals surface area contributed by atoms with Gasteiger partial charge in [-0.1, -0.05) is 48.0 Å². The minimum atomic E-state index is -0.328. The van der Waals surface area contributed by atoms with Crippen molar-refractivity contribution >= 4 is 23.1 Å². The van der Waals surface area contributed by atoms with Crippen molar-refractivity contribution in [3.05, 3.63) is 101 Å². The van der Waals surface area contributed by atoms with Gasteiger partial charge >= 0.3 is 0 Å². The zero-order valence-electron chi connectivity index (χ0n) is 16.3. The molecule has 0 atom stereocenters. The van der Waals surface area contributed by atoms with E-state index in [9.17, 15) is 9.59 Å². The number of hydrogen-bond acceptors (Lipinski definition) is 4. The lowest BCUT2D eigenvalue weighted by Gasteiger charge is -2.15. The average molecular weight is 383 g/mol. The molecule has 4 rings (SSSR count).